The van der Waals surface area contributed by atoms with Gasteiger partial charge in [-0.25, -0.2) is 9.97 Å². The van der Waals surface area contributed by atoms with Gasteiger partial charge in [0.15, 0.2) is 0 Å². The summed E-state index contributed by atoms with van der Waals surface area (Å²) in [7, 11) is 1.70. The van der Waals surface area contributed by atoms with E-state index in [-0.39, 0.29) is 5.91 Å². The number of rotatable bonds is 5. The van der Waals surface area contributed by atoms with Crippen LogP contribution in [0.4, 0.5) is 5.82 Å². The molecule has 8 nitrogen and oxygen atoms in total. The van der Waals surface area contributed by atoms with Crippen LogP contribution < -0.4 is 10.2 Å². The molecule has 0 spiro atoms. The third-order valence-electron chi connectivity index (χ3n) is 6.63. The minimum absolute atomic E-state index is 0.0811. The van der Waals surface area contributed by atoms with Crippen LogP contribution in [-0.4, -0.2) is 91.7 Å². The lowest BCUT2D eigenvalue weighted by molar-refractivity contribution is -0.121. The number of aromatic nitrogens is 2. The van der Waals surface area contributed by atoms with Crippen LogP contribution >= 0.6 is 11.3 Å². The number of amides is 1. The van der Waals surface area contributed by atoms with E-state index in [9.17, 15) is 4.79 Å². The number of anilines is 1. The van der Waals surface area contributed by atoms with E-state index >= 15 is 0 Å². The van der Waals surface area contributed by atoms with Gasteiger partial charge in [0.25, 0.3) is 0 Å². The molecule has 0 unspecified atom stereocenters. The first-order valence-electron chi connectivity index (χ1n) is 11.5. The number of carbonyl (C=O) groups is 1. The zero-order valence-electron chi connectivity index (χ0n) is 18.4. The Hall–Kier alpha value is -1.81. The Morgan fingerprint density at radius 1 is 1.03 bits per heavy atom. The van der Waals surface area contributed by atoms with Crippen LogP contribution in [0.2, 0.25) is 0 Å². The average Bonchev–Trinajstić information content (AvgIpc) is 3.18. The first kappa shape index (κ1) is 21.1. The molecule has 168 valence electrons. The van der Waals surface area contributed by atoms with Gasteiger partial charge in [-0.3, -0.25) is 14.6 Å². The summed E-state index contributed by atoms with van der Waals surface area (Å²) in [5.74, 6) is 2.13. The van der Waals surface area contributed by atoms with Crippen LogP contribution in [0.25, 0.3) is 10.2 Å². The molecule has 9 heteroatoms. The highest BCUT2D eigenvalue weighted by atomic mass is 32.1. The van der Waals surface area contributed by atoms with E-state index in [2.05, 4.69) is 20.0 Å². The van der Waals surface area contributed by atoms with Crippen molar-refractivity contribution in [2.24, 2.45) is 0 Å². The highest BCUT2D eigenvalue weighted by Gasteiger charge is 2.27. The maximum Gasteiger partial charge on any atom is 0.233 e. The van der Waals surface area contributed by atoms with E-state index in [4.69, 9.17) is 14.7 Å². The largest absolute Gasteiger partial charge is 0.379 e. The second kappa shape index (κ2) is 9.36. The van der Waals surface area contributed by atoms with Crippen molar-refractivity contribution in [3.63, 3.8) is 0 Å². The Labute approximate surface area is 187 Å². The van der Waals surface area contributed by atoms with E-state index < -0.39 is 0 Å². The van der Waals surface area contributed by atoms with Gasteiger partial charge >= 0.3 is 0 Å². The van der Waals surface area contributed by atoms with Crippen molar-refractivity contribution >= 4 is 33.3 Å². The minimum Gasteiger partial charge on any atom is -0.379 e. The molecule has 1 N–H and O–H groups in total. The number of nitrogens with zero attached hydrogens (tertiary/aromatic N) is 5. The topological polar surface area (TPSA) is 73.8 Å². The lowest BCUT2D eigenvalue weighted by atomic mass is 9.97. The molecule has 4 heterocycles. The summed E-state index contributed by atoms with van der Waals surface area (Å²) >= 11 is 1.88. The Morgan fingerprint density at radius 2 is 1.81 bits per heavy atom. The molecule has 1 amide bonds. The zero-order valence-corrected chi connectivity index (χ0v) is 19.2. The lowest BCUT2D eigenvalue weighted by Gasteiger charge is -2.35. The quantitative estimate of drug-likeness (QED) is 0.745. The molecule has 1 aliphatic carbocycles. The fraction of sp³-hybridized carbons (Fsp3) is 0.682. The van der Waals surface area contributed by atoms with Crippen LogP contribution in [0.5, 0.6) is 0 Å². The third kappa shape index (κ3) is 4.55. The minimum atomic E-state index is 0.0811. The van der Waals surface area contributed by atoms with Crippen molar-refractivity contribution in [2.45, 2.75) is 32.2 Å². The third-order valence-corrected chi connectivity index (χ3v) is 7.81. The zero-order chi connectivity index (χ0) is 21.2. The van der Waals surface area contributed by atoms with Crippen molar-refractivity contribution in [1.82, 2.24) is 25.1 Å². The van der Waals surface area contributed by atoms with Gasteiger partial charge in [-0.05, 0) is 31.2 Å². The van der Waals surface area contributed by atoms with E-state index in [1.165, 1.54) is 35.1 Å². The van der Waals surface area contributed by atoms with E-state index in [0.29, 0.717) is 6.54 Å². The second-order valence-electron chi connectivity index (χ2n) is 8.68. The van der Waals surface area contributed by atoms with Crippen molar-refractivity contribution < 1.29 is 9.53 Å². The van der Waals surface area contributed by atoms with Crippen molar-refractivity contribution in [3.8, 4) is 0 Å². The van der Waals surface area contributed by atoms with Gasteiger partial charge in [0, 0.05) is 51.2 Å². The normalized spacial score (nSPS) is 20.7. The molecule has 31 heavy (non-hydrogen) atoms. The molecule has 0 saturated carbocycles. The summed E-state index contributed by atoms with van der Waals surface area (Å²) in [6.45, 7) is 8.26. The Balaban J connectivity index is 1.43. The van der Waals surface area contributed by atoms with Gasteiger partial charge in [0.1, 0.15) is 16.5 Å². The van der Waals surface area contributed by atoms with Gasteiger partial charge in [-0.15, -0.1) is 11.3 Å². The number of hydrogen-bond donors (Lipinski definition) is 1. The number of likely N-dealkylation sites (N-methyl/N-ethyl adjacent to an activating group) is 1. The molecule has 5 rings (SSSR count). The standard InChI is InChI=1S/C22H32N6O2S/c1-23-19(29)15-26-6-8-28(9-7-26)21-20-16-4-2-3-5-17(16)31-22(20)25-18(24-21)14-27-10-12-30-13-11-27/h2-15H2,1H3,(H,23,29). The smallest absolute Gasteiger partial charge is 0.233 e. The molecule has 2 saturated heterocycles. The van der Waals surface area contributed by atoms with Crippen LogP contribution in [0, 0.1) is 0 Å². The van der Waals surface area contributed by atoms with Gasteiger partial charge in [0.05, 0.1) is 31.7 Å². The maximum atomic E-state index is 11.8. The number of thiophene rings is 1. The molecule has 0 aromatic carbocycles. The molecule has 2 aliphatic heterocycles. The SMILES string of the molecule is CNC(=O)CN1CCN(c2nc(CN3CCOCC3)nc3sc4c(c23)CCCC4)CC1. The summed E-state index contributed by atoms with van der Waals surface area (Å²) in [5, 5.41) is 4.03. The lowest BCUT2D eigenvalue weighted by Crippen LogP contribution is -2.49. The number of fused-ring (bicyclic) bond motifs is 3. The first-order chi connectivity index (χ1) is 15.2. The molecular weight excluding hydrogens is 412 g/mol. The number of piperazine rings is 1. The number of morpholine rings is 1. The van der Waals surface area contributed by atoms with Crippen molar-refractivity contribution in [2.75, 3.05) is 71.0 Å². The fourth-order valence-corrected chi connectivity index (χ4v) is 6.11. The predicted octanol–water partition coefficient (Wildman–Crippen LogP) is 1.27. The number of ether oxygens (including phenoxy) is 1. The highest BCUT2D eigenvalue weighted by molar-refractivity contribution is 7.19. The summed E-state index contributed by atoms with van der Waals surface area (Å²) in [6.07, 6.45) is 4.86. The summed E-state index contributed by atoms with van der Waals surface area (Å²) in [6, 6.07) is 0. The van der Waals surface area contributed by atoms with E-state index in [1.807, 2.05) is 11.3 Å². The second-order valence-corrected chi connectivity index (χ2v) is 9.76. The number of carbonyl (C=O) groups excluding carboxylic acids is 1. The molecule has 2 aromatic heterocycles. The number of hydrogen-bond acceptors (Lipinski definition) is 8. The van der Waals surface area contributed by atoms with E-state index in [1.54, 1.807) is 7.05 Å². The highest BCUT2D eigenvalue weighted by Crippen LogP contribution is 2.40. The van der Waals surface area contributed by atoms with Gasteiger partial charge in [0.2, 0.25) is 5.91 Å². The number of aryl methyl sites for hydroxylation is 2. The van der Waals surface area contributed by atoms with Gasteiger partial charge < -0.3 is 15.0 Å². The van der Waals surface area contributed by atoms with Crippen LogP contribution in [0.3, 0.4) is 0 Å². The fourth-order valence-electron chi connectivity index (χ4n) is 4.84. The molecule has 0 radical (unpaired) electrons. The summed E-state index contributed by atoms with van der Waals surface area (Å²) < 4.78 is 5.51. The molecule has 2 aromatic rings. The van der Waals surface area contributed by atoms with Crippen LogP contribution in [0.1, 0.15) is 29.1 Å². The van der Waals surface area contributed by atoms with Crippen LogP contribution in [-0.2, 0) is 28.9 Å². The molecule has 3 aliphatic rings. The monoisotopic (exact) mass is 444 g/mol. The van der Waals surface area contributed by atoms with Crippen LogP contribution in [0.15, 0.2) is 0 Å². The number of nitrogens with one attached hydrogen (secondary N) is 1. The predicted molar refractivity (Wildman–Crippen MR) is 123 cm³/mol. The van der Waals surface area contributed by atoms with Gasteiger partial charge in [-0.2, -0.15) is 0 Å². The molecule has 0 atom stereocenters. The van der Waals surface area contributed by atoms with Crippen molar-refractivity contribution in [1.29, 1.82) is 0 Å². The average molecular weight is 445 g/mol. The summed E-state index contributed by atoms with van der Waals surface area (Å²) in [5.41, 5.74) is 1.49. The molecular formula is C22H32N6O2S. The molecule has 0 bridgehead atoms. The molecule has 2 fully saturated rings. The first-order valence-corrected chi connectivity index (χ1v) is 12.3. The van der Waals surface area contributed by atoms with Crippen molar-refractivity contribution in [3.05, 3.63) is 16.3 Å². The Bertz CT molecular complexity index is 934. The van der Waals surface area contributed by atoms with E-state index in [0.717, 1.165) is 81.9 Å². The Morgan fingerprint density at radius 3 is 2.58 bits per heavy atom. The van der Waals surface area contributed by atoms with Gasteiger partial charge in [-0.1, -0.05) is 0 Å². The maximum absolute atomic E-state index is 11.8. The summed E-state index contributed by atoms with van der Waals surface area (Å²) in [4.78, 5) is 31.7. The Kier molecular flexibility index (Phi) is 6.36.